The van der Waals surface area contributed by atoms with Gasteiger partial charge in [0, 0.05) is 23.1 Å². The third-order valence-electron chi connectivity index (χ3n) is 5.90. The summed E-state index contributed by atoms with van der Waals surface area (Å²) in [5.41, 5.74) is 4.75. The molecule has 1 aliphatic rings. The molecule has 8 heteroatoms. The van der Waals surface area contributed by atoms with E-state index in [0.29, 0.717) is 6.54 Å². The number of ether oxygens (including phenoxy) is 4. The van der Waals surface area contributed by atoms with Gasteiger partial charge >= 0.3 is 0 Å². The van der Waals surface area contributed by atoms with Gasteiger partial charge in [-0.15, -0.1) is 11.3 Å². The standard InChI is InChI=1S/C28H27N3O4S/c1-19(21-9-11-26-27(15-21)35-18-34-26)30-31-24(23-16-22(32-2)10-12-25(23)33-3)17-36-28(31)29-14-13-20-7-5-4-6-8-20/h4-12,15-17H,13-14,18H2,1-3H3. The Balaban J connectivity index is 1.58. The van der Waals surface area contributed by atoms with Crippen LogP contribution in [0.2, 0.25) is 0 Å². The predicted molar refractivity (Wildman–Crippen MR) is 142 cm³/mol. The normalized spacial score (nSPS) is 13.2. The van der Waals surface area contributed by atoms with Crippen molar-refractivity contribution in [3.63, 3.8) is 0 Å². The molecule has 0 aliphatic carbocycles. The summed E-state index contributed by atoms with van der Waals surface area (Å²) < 4.78 is 24.1. The predicted octanol–water partition coefficient (Wildman–Crippen LogP) is 5.38. The molecule has 5 rings (SSSR count). The van der Waals surface area contributed by atoms with Crippen molar-refractivity contribution in [3.8, 4) is 34.3 Å². The van der Waals surface area contributed by atoms with Crippen LogP contribution in [0.25, 0.3) is 11.3 Å². The fourth-order valence-corrected chi connectivity index (χ4v) is 4.81. The van der Waals surface area contributed by atoms with Gasteiger partial charge in [-0.1, -0.05) is 30.3 Å². The van der Waals surface area contributed by atoms with Crippen molar-refractivity contribution in [2.75, 3.05) is 27.6 Å². The van der Waals surface area contributed by atoms with E-state index in [4.69, 9.17) is 29.0 Å². The van der Waals surface area contributed by atoms with Crippen LogP contribution in [-0.4, -0.2) is 37.9 Å². The van der Waals surface area contributed by atoms with E-state index in [2.05, 4.69) is 17.5 Å². The third-order valence-corrected chi connectivity index (χ3v) is 6.75. The van der Waals surface area contributed by atoms with E-state index in [-0.39, 0.29) is 6.79 Å². The Hall–Kier alpha value is -4.04. The monoisotopic (exact) mass is 501 g/mol. The number of hydrogen-bond acceptors (Lipinski definition) is 7. The number of nitrogens with zero attached hydrogens (tertiary/aromatic N) is 3. The molecular formula is C28H27N3O4S. The Morgan fingerprint density at radius 1 is 0.972 bits per heavy atom. The fourth-order valence-electron chi connectivity index (χ4n) is 3.96. The molecule has 0 spiro atoms. The van der Waals surface area contributed by atoms with Crippen molar-refractivity contribution in [3.05, 3.63) is 88.0 Å². The van der Waals surface area contributed by atoms with Gasteiger partial charge < -0.3 is 18.9 Å². The summed E-state index contributed by atoms with van der Waals surface area (Å²) in [4.78, 5) is 5.71. The Morgan fingerprint density at radius 2 is 1.81 bits per heavy atom. The number of hydrogen-bond donors (Lipinski definition) is 0. The van der Waals surface area contributed by atoms with Crippen LogP contribution in [0.1, 0.15) is 18.1 Å². The average molecular weight is 502 g/mol. The number of rotatable bonds is 8. The van der Waals surface area contributed by atoms with E-state index >= 15 is 0 Å². The molecule has 184 valence electrons. The molecular weight excluding hydrogens is 474 g/mol. The van der Waals surface area contributed by atoms with E-state index in [1.54, 1.807) is 25.6 Å². The van der Waals surface area contributed by atoms with E-state index in [0.717, 1.165) is 56.8 Å². The maximum Gasteiger partial charge on any atom is 0.231 e. The molecule has 36 heavy (non-hydrogen) atoms. The second-order valence-electron chi connectivity index (χ2n) is 8.15. The third kappa shape index (κ3) is 4.99. The van der Waals surface area contributed by atoms with Gasteiger partial charge in [0.25, 0.3) is 0 Å². The summed E-state index contributed by atoms with van der Waals surface area (Å²) in [7, 11) is 3.31. The number of thiazole rings is 1. The minimum absolute atomic E-state index is 0.235. The lowest BCUT2D eigenvalue weighted by Crippen LogP contribution is -2.15. The van der Waals surface area contributed by atoms with Crippen LogP contribution in [0.15, 0.2) is 82.2 Å². The van der Waals surface area contributed by atoms with Gasteiger partial charge in [0.1, 0.15) is 11.5 Å². The summed E-state index contributed by atoms with van der Waals surface area (Å²) in [6.45, 7) is 2.86. The summed E-state index contributed by atoms with van der Waals surface area (Å²) in [6, 6.07) is 21.9. The molecule has 0 bridgehead atoms. The Kier molecular flexibility index (Phi) is 7.04. The van der Waals surface area contributed by atoms with Crippen LogP contribution in [0, 0.1) is 0 Å². The highest BCUT2D eigenvalue weighted by atomic mass is 32.1. The first-order chi connectivity index (χ1) is 17.7. The molecule has 0 N–H and O–H groups in total. The summed E-state index contributed by atoms with van der Waals surface area (Å²) >= 11 is 1.54. The summed E-state index contributed by atoms with van der Waals surface area (Å²) in [5, 5.41) is 7.06. The first-order valence-electron chi connectivity index (χ1n) is 11.6. The topological polar surface area (TPSA) is 66.6 Å². The first-order valence-corrected chi connectivity index (χ1v) is 12.5. The molecule has 0 unspecified atom stereocenters. The lowest BCUT2D eigenvalue weighted by Gasteiger charge is -2.12. The smallest absolute Gasteiger partial charge is 0.231 e. The van der Waals surface area contributed by atoms with Crippen molar-refractivity contribution in [2.24, 2.45) is 10.1 Å². The highest BCUT2D eigenvalue weighted by Gasteiger charge is 2.17. The van der Waals surface area contributed by atoms with Crippen LogP contribution < -0.4 is 23.7 Å². The number of methoxy groups -OCH3 is 2. The molecule has 0 saturated carbocycles. The molecule has 0 fully saturated rings. The fraction of sp³-hybridized carbons (Fsp3) is 0.214. The van der Waals surface area contributed by atoms with E-state index < -0.39 is 0 Å². The van der Waals surface area contributed by atoms with Crippen LogP contribution in [0.3, 0.4) is 0 Å². The van der Waals surface area contributed by atoms with Gasteiger partial charge in [-0.25, -0.2) is 4.68 Å². The van der Waals surface area contributed by atoms with Crippen LogP contribution >= 0.6 is 11.3 Å². The van der Waals surface area contributed by atoms with Crippen LogP contribution in [0.5, 0.6) is 23.0 Å². The van der Waals surface area contributed by atoms with Crippen molar-refractivity contribution < 1.29 is 18.9 Å². The van der Waals surface area contributed by atoms with Gasteiger partial charge in [0.2, 0.25) is 11.6 Å². The number of fused-ring (bicyclic) bond motifs is 1. The number of benzene rings is 3. The molecule has 2 heterocycles. The molecule has 3 aromatic carbocycles. The lowest BCUT2D eigenvalue weighted by atomic mass is 10.1. The van der Waals surface area contributed by atoms with Gasteiger partial charge in [0.05, 0.1) is 25.6 Å². The second-order valence-corrected chi connectivity index (χ2v) is 8.99. The molecule has 4 aromatic rings. The molecule has 1 aliphatic heterocycles. The van der Waals surface area contributed by atoms with E-state index in [1.165, 1.54) is 5.56 Å². The van der Waals surface area contributed by atoms with Crippen molar-refractivity contribution in [2.45, 2.75) is 13.3 Å². The van der Waals surface area contributed by atoms with E-state index in [9.17, 15) is 0 Å². The van der Waals surface area contributed by atoms with E-state index in [1.807, 2.05) is 66.2 Å². The zero-order valence-electron chi connectivity index (χ0n) is 20.4. The Morgan fingerprint density at radius 3 is 2.61 bits per heavy atom. The van der Waals surface area contributed by atoms with Gasteiger partial charge in [-0.3, -0.25) is 4.99 Å². The minimum atomic E-state index is 0.235. The van der Waals surface area contributed by atoms with Gasteiger partial charge in [-0.2, -0.15) is 5.10 Å². The molecule has 0 amide bonds. The SMILES string of the molecule is COc1ccc(OC)c(-c2csc(=NCCc3ccccc3)n2N=C(C)c2ccc3c(c2)OCO3)c1. The van der Waals surface area contributed by atoms with Crippen molar-refractivity contribution in [1.29, 1.82) is 0 Å². The molecule has 0 radical (unpaired) electrons. The quantitative estimate of drug-likeness (QED) is 0.304. The zero-order valence-corrected chi connectivity index (χ0v) is 21.2. The zero-order chi connectivity index (χ0) is 24.9. The lowest BCUT2D eigenvalue weighted by molar-refractivity contribution is 0.174. The molecule has 0 saturated heterocycles. The highest BCUT2D eigenvalue weighted by molar-refractivity contribution is 7.07. The molecule has 0 atom stereocenters. The molecule has 7 nitrogen and oxygen atoms in total. The van der Waals surface area contributed by atoms with Gasteiger partial charge in [0.15, 0.2) is 11.5 Å². The minimum Gasteiger partial charge on any atom is -0.497 e. The van der Waals surface area contributed by atoms with Crippen molar-refractivity contribution in [1.82, 2.24) is 4.68 Å². The second kappa shape index (κ2) is 10.7. The Labute approximate surface area is 213 Å². The van der Waals surface area contributed by atoms with Crippen molar-refractivity contribution >= 4 is 17.0 Å². The van der Waals surface area contributed by atoms with Gasteiger partial charge in [-0.05, 0) is 55.3 Å². The molecule has 1 aromatic heterocycles. The average Bonchev–Trinajstić information content (AvgIpc) is 3.55. The first kappa shape index (κ1) is 23.7. The maximum absolute atomic E-state index is 5.67. The Bertz CT molecular complexity index is 1460. The van der Waals surface area contributed by atoms with Crippen LogP contribution in [0.4, 0.5) is 0 Å². The van der Waals surface area contributed by atoms with Crippen LogP contribution in [-0.2, 0) is 6.42 Å². The largest absolute Gasteiger partial charge is 0.497 e. The summed E-state index contributed by atoms with van der Waals surface area (Å²) in [5.74, 6) is 2.93. The summed E-state index contributed by atoms with van der Waals surface area (Å²) in [6.07, 6.45) is 0.849. The highest BCUT2D eigenvalue weighted by Crippen LogP contribution is 2.35. The number of aromatic nitrogens is 1. The maximum atomic E-state index is 5.67.